The van der Waals surface area contributed by atoms with Gasteiger partial charge in [0.2, 0.25) is 11.8 Å². The quantitative estimate of drug-likeness (QED) is 0.123. The van der Waals surface area contributed by atoms with Crippen molar-refractivity contribution in [2.45, 2.75) is 50.4 Å². The number of nitrogens with two attached hydrogens (primary N) is 2. The Balaban J connectivity index is 1.27. The average Bonchev–Trinajstić information content (AvgIpc) is 3.03. The molecule has 4 atom stereocenters. The summed E-state index contributed by atoms with van der Waals surface area (Å²) in [5, 5.41) is 27.8. The molecule has 230 valence electrons. The largest absolute Gasteiger partial charge is 0.391 e. The predicted octanol–water partition coefficient (Wildman–Crippen LogP) is 3.06. The second kappa shape index (κ2) is 15.8. The summed E-state index contributed by atoms with van der Waals surface area (Å²) in [6.45, 7) is 2.53. The fourth-order valence-corrected chi connectivity index (χ4v) is 5.11. The van der Waals surface area contributed by atoms with Crippen LogP contribution >= 0.6 is 0 Å². The van der Waals surface area contributed by atoms with Crippen LogP contribution in [0.1, 0.15) is 57.1 Å². The minimum atomic E-state index is -0.843. The van der Waals surface area contributed by atoms with Crippen molar-refractivity contribution in [3.8, 4) is 0 Å². The zero-order valence-corrected chi connectivity index (χ0v) is 24.9. The molecule has 1 aromatic heterocycles. The van der Waals surface area contributed by atoms with Crippen LogP contribution in [0, 0.1) is 0 Å². The van der Waals surface area contributed by atoms with Crippen LogP contribution in [0.2, 0.25) is 0 Å². The number of pyridine rings is 1. The molecule has 1 heterocycles. The van der Waals surface area contributed by atoms with Gasteiger partial charge in [-0.1, -0.05) is 72.8 Å². The summed E-state index contributed by atoms with van der Waals surface area (Å²) < 4.78 is 0. The van der Waals surface area contributed by atoms with Crippen LogP contribution in [0.5, 0.6) is 0 Å². The molecule has 0 spiro atoms. The van der Waals surface area contributed by atoms with Gasteiger partial charge in [-0.05, 0) is 60.2 Å². The first-order valence-corrected chi connectivity index (χ1v) is 14.8. The van der Waals surface area contributed by atoms with Gasteiger partial charge in [-0.15, -0.1) is 0 Å². The van der Waals surface area contributed by atoms with Crippen molar-refractivity contribution in [2.75, 3.05) is 18.8 Å². The van der Waals surface area contributed by atoms with Crippen molar-refractivity contribution in [3.63, 3.8) is 0 Å². The Morgan fingerprint density at radius 1 is 0.795 bits per heavy atom. The lowest BCUT2D eigenvalue weighted by Crippen LogP contribution is -2.37. The Hall–Kier alpha value is -4.57. The van der Waals surface area contributed by atoms with E-state index in [4.69, 9.17) is 11.5 Å². The summed E-state index contributed by atoms with van der Waals surface area (Å²) in [5.74, 6) is -0.565. The maximum absolute atomic E-state index is 12.8. The summed E-state index contributed by atoms with van der Waals surface area (Å²) in [5.41, 5.74) is 16.0. The number of amides is 2. The number of carbonyl (C=O) groups is 2. The Bertz CT molecular complexity index is 1480. The van der Waals surface area contributed by atoms with Crippen LogP contribution in [0.3, 0.4) is 0 Å². The van der Waals surface area contributed by atoms with Gasteiger partial charge in [-0.2, -0.15) is 0 Å². The second-order valence-electron chi connectivity index (χ2n) is 11.2. The minimum absolute atomic E-state index is 0.0907. The standard InChI is InChI=1S/C35H41N5O4/c1-23(38-21-31(41)29-15-16-33(36)39-20-29)17-25-7-9-26(10-8-25)19-34(43)40-22-32(42)30(18-24-5-3-2-4-6-24)27-11-13-28(14-12-27)35(37)44/h2-16,20,23,30-32,38,41-42H,17-19,21-22H2,1H3,(H2,36,39)(H2,37,44)(H,40,43)/t23?,30-,31-,32?/m1/s1. The third-order valence-electron chi connectivity index (χ3n) is 7.68. The van der Waals surface area contributed by atoms with E-state index < -0.39 is 18.1 Å². The molecular weight excluding hydrogens is 554 g/mol. The molecule has 0 aliphatic carbocycles. The van der Waals surface area contributed by atoms with Crippen molar-refractivity contribution in [3.05, 3.63) is 131 Å². The molecule has 4 aromatic rings. The van der Waals surface area contributed by atoms with Crippen molar-refractivity contribution in [1.29, 1.82) is 0 Å². The van der Waals surface area contributed by atoms with Crippen LogP contribution in [0.15, 0.2) is 97.2 Å². The molecule has 2 unspecified atom stereocenters. The fourth-order valence-electron chi connectivity index (χ4n) is 5.11. The highest BCUT2D eigenvalue weighted by molar-refractivity contribution is 5.92. The van der Waals surface area contributed by atoms with Crippen LogP contribution in [0.25, 0.3) is 0 Å². The first-order valence-electron chi connectivity index (χ1n) is 14.8. The van der Waals surface area contributed by atoms with Gasteiger partial charge in [-0.25, -0.2) is 4.98 Å². The number of carbonyl (C=O) groups excluding carboxylic acids is 2. The van der Waals surface area contributed by atoms with E-state index in [0.29, 0.717) is 29.9 Å². The minimum Gasteiger partial charge on any atom is -0.391 e. The van der Waals surface area contributed by atoms with Gasteiger partial charge in [0.05, 0.1) is 18.6 Å². The maximum atomic E-state index is 12.8. The molecule has 3 aromatic carbocycles. The normalized spacial score (nSPS) is 13.9. The Labute approximate surface area is 258 Å². The van der Waals surface area contributed by atoms with E-state index in [1.165, 1.54) is 0 Å². The zero-order chi connectivity index (χ0) is 31.5. The van der Waals surface area contributed by atoms with Gasteiger partial charge in [0.1, 0.15) is 5.82 Å². The number of rotatable bonds is 15. The first kappa shape index (κ1) is 32.3. The van der Waals surface area contributed by atoms with Gasteiger partial charge in [0.15, 0.2) is 0 Å². The molecular formula is C35H41N5O4. The molecule has 4 rings (SSSR count). The molecule has 9 nitrogen and oxygen atoms in total. The number of nitrogen functional groups attached to an aromatic ring is 1. The molecule has 0 bridgehead atoms. The maximum Gasteiger partial charge on any atom is 0.248 e. The molecule has 0 aliphatic heterocycles. The summed E-state index contributed by atoms with van der Waals surface area (Å²) in [6, 6.07) is 28.2. The Kier molecular flexibility index (Phi) is 11.6. The molecule has 0 saturated carbocycles. The number of nitrogens with zero attached hydrogens (tertiary/aromatic N) is 1. The van der Waals surface area contributed by atoms with Gasteiger partial charge in [0, 0.05) is 42.4 Å². The van der Waals surface area contributed by atoms with E-state index in [9.17, 15) is 19.8 Å². The van der Waals surface area contributed by atoms with Crippen LogP contribution < -0.4 is 22.1 Å². The SMILES string of the molecule is CC(Cc1ccc(CC(=O)NCC(O)[C@H](Cc2ccccc2)c2ccc(C(N)=O)cc2)cc1)NC[C@@H](O)c1ccc(N)nc1. The third-order valence-corrected chi connectivity index (χ3v) is 7.68. The first-order chi connectivity index (χ1) is 21.2. The molecule has 0 radical (unpaired) electrons. The number of aliphatic hydroxyl groups is 2. The average molecular weight is 596 g/mol. The summed E-state index contributed by atoms with van der Waals surface area (Å²) in [7, 11) is 0. The predicted molar refractivity (Wildman–Crippen MR) is 172 cm³/mol. The van der Waals surface area contributed by atoms with Crippen molar-refractivity contribution in [1.82, 2.24) is 15.6 Å². The van der Waals surface area contributed by atoms with Gasteiger partial charge in [-0.3, -0.25) is 9.59 Å². The van der Waals surface area contributed by atoms with E-state index in [2.05, 4.69) is 22.5 Å². The molecule has 9 heteroatoms. The van der Waals surface area contributed by atoms with E-state index in [0.717, 1.165) is 28.7 Å². The molecule has 0 saturated heterocycles. The highest BCUT2D eigenvalue weighted by Gasteiger charge is 2.23. The highest BCUT2D eigenvalue weighted by Crippen LogP contribution is 2.25. The number of aliphatic hydroxyl groups excluding tert-OH is 2. The summed E-state index contributed by atoms with van der Waals surface area (Å²) >= 11 is 0. The van der Waals surface area contributed by atoms with Crippen LogP contribution in [-0.2, 0) is 24.1 Å². The second-order valence-corrected chi connectivity index (χ2v) is 11.2. The monoisotopic (exact) mass is 595 g/mol. The van der Waals surface area contributed by atoms with Crippen molar-refractivity contribution >= 4 is 17.6 Å². The lowest BCUT2D eigenvalue weighted by atomic mass is 9.86. The Morgan fingerprint density at radius 3 is 2.07 bits per heavy atom. The van der Waals surface area contributed by atoms with E-state index >= 15 is 0 Å². The van der Waals surface area contributed by atoms with E-state index in [1.807, 2.05) is 54.6 Å². The van der Waals surface area contributed by atoms with Gasteiger partial charge in [0.25, 0.3) is 0 Å². The zero-order valence-electron chi connectivity index (χ0n) is 24.9. The third kappa shape index (κ3) is 9.74. The van der Waals surface area contributed by atoms with Gasteiger partial charge >= 0.3 is 0 Å². The topological polar surface area (TPSA) is 164 Å². The number of anilines is 1. The molecule has 0 fully saturated rings. The van der Waals surface area contributed by atoms with E-state index in [1.54, 1.807) is 42.6 Å². The lowest BCUT2D eigenvalue weighted by molar-refractivity contribution is -0.121. The fraction of sp³-hybridized carbons (Fsp3) is 0.286. The summed E-state index contributed by atoms with van der Waals surface area (Å²) in [4.78, 5) is 28.3. The molecule has 44 heavy (non-hydrogen) atoms. The van der Waals surface area contributed by atoms with Crippen LogP contribution in [-0.4, -0.2) is 52.2 Å². The van der Waals surface area contributed by atoms with E-state index in [-0.39, 0.29) is 30.8 Å². The number of primary amides is 1. The van der Waals surface area contributed by atoms with Crippen molar-refractivity contribution < 1.29 is 19.8 Å². The number of benzene rings is 3. The molecule has 8 N–H and O–H groups in total. The van der Waals surface area contributed by atoms with Crippen LogP contribution in [0.4, 0.5) is 5.82 Å². The number of aromatic nitrogens is 1. The highest BCUT2D eigenvalue weighted by atomic mass is 16.3. The summed E-state index contributed by atoms with van der Waals surface area (Å²) in [6.07, 6.45) is 1.58. The number of hydrogen-bond donors (Lipinski definition) is 6. The number of hydrogen-bond acceptors (Lipinski definition) is 7. The lowest BCUT2D eigenvalue weighted by Gasteiger charge is -2.24. The molecule has 2 amide bonds. The smallest absolute Gasteiger partial charge is 0.248 e. The van der Waals surface area contributed by atoms with Crippen molar-refractivity contribution in [2.24, 2.45) is 5.73 Å². The Morgan fingerprint density at radius 2 is 1.43 bits per heavy atom. The molecule has 0 aliphatic rings. The number of nitrogens with one attached hydrogen (secondary N) is 2. The van der Waals surface area contributed by atoms with Gasteiger partial charge < -0.3 is 32.3 Å².